The summed E-state index contributed by atoms with van der Waals surface area (Å²) in [5.74, 6) is 0.691. The molecule has 1 fully saturated rings. The Morgan fingerprint density at radius 2 is 2.14 bits per heavy atom. The molecule has 2 aromatic rings. The van der Waals surface area contributed by atoms with Crippen molar-refractivity contribution in [2.24, 2.45) is 5.92 Å². The van der Waals surface area contributed by atoms with Gasteiger partial charge in [-0.3, -0.25) is 14.2 Å². The van der Waals surface area contributed by atoms with Gasteiger partial charge in [-0.25, -0.2) is 4.98 Å². The Labute approximate surface area is 127 Å². The van der Waals surface area contributed by atoms with Crippen LogP contribution >= 0.6 is 11.3 Å². The van der Waals surface area contributed by atoms with E-state index in [1.165, 1.54) is 22.2 Å². The maximum Gasteiger partial charge on any atom is 0.262 e. The number of rotatable bonds is 2. The lowest BCUT2D eigenvalue weighted by Crippen LogP contribution is -2.43. The van der Waals surface area contributed by atoms with Crippen LogP contribution in [0.5, 0.6) is 0 Å². The number of amides is 1. The number of hydrogen-bond acceptors (Lipinski definition) is 4. The molecule has 5 nitrogen and oxygen atoms in total. The highest BCUT2D eigenvalue weighted by molar-refractivity contribution is 7.16. The van der Waals surface area contributed by atoms with Gasteiger partial charge >= 0.3 is 0 Å². The highest BCUT2D eigenvalue weighted by Gasteiger charge is 2.26. The van der Waals surface area contributed by atoms with Gasteiger partial charge in [-0.1, -0.05) is 6.92 Å². The van der Waals surface area contributed by atoms with Gasteiger partial charge in [0, 0.05) is 13.1 Å². The standard InChI is InChI=1S/C15H19N3O2S/c1-10-3-6-17(7-4-10)14(19)11(2)18-9-16-13-12(15(18)20)5-8-21-13/h5,8-11H,3-4,6-7H2,1-2H3. The second kappa shape index (κ2) is 5.60. The van der Waals surface area contributed by atoms with E-state index in [-0.39, 0.29) is 11.5 Å². The molecular formula is C15H19N3O2S. The van der Waals surface area contributed by atoms with Crippen LogP contribution < -0.4 is 5.56 Å². The Hall–Kier alpha value is -1.69. The predicted octanol–water partition coefficient (Wildman–Crippen LogP) is 2.28. The summed E-state index contributed by atoms with van der Waals surface area (Å²) in [7, 11) is 0. The number of fused-ring (bicyclic) bond motifs is 1. The summed E-state index contributed by atoms with van der Waals surface area (Å²) < 4.78 is 1.45. The molecule has 0 aliphatic carbocycles. The Morgan fingerprint density at radius 3 is 2.86 bits per heavy atom. The van der Waals surface area contributed by atoms with Gasteiger partial charge in [0.05, 0.1) is 11.7 Å². The summed E-state index contributed by atoms with van der Waals surface area (Å²) in [4.78, 5) is 31.9. The SMILES string of the molecule is CC1CCN(C(=O)C(C)n2cnc3sccc3c2=O)CC1. The summed E-state index contributed by atoms with van der Waals surface area (Å²) >= 11 is 1.44. The molecule has 3 heterocycles. The quantitative estimate of drug-likeness (QED) is 0.855. The highest BCUT2D eigenvalue weighted by atomic mass is 32.1. The summed E-state index contributed by atoms with van der Waals surface area (Å²) in [6, 6.07) is 1.27. The second-order valence-corrected chi connectivity index (χ2v) is 6.67. The molecule has 3 rings (SSSR count). The number of aromatic nitrogens is 2. The van der Waals surface area contributed by atoms with Gasteiger partial charge in [-0.05, 0) is 37.1 Å². The maximum atomic E-state index is 12.6. The molecule has 1 unspecified atom stereocenters. The molecule has 0 aromatic carbocycles. The Kier molecular flexibility index (Phi) is 3.80. The van der Waals surface area contributed by atoms with Crippen molar-refractivity contribution in [3.63, 3.8) is 0 Å². The zero-order valence-electron chi connectivity index (χ0n) is 12.3. The molecule has 0 bridgehead atoms. The molecule has 21 heavy (non-hydrogen) atoms. The predicted molar refractivity (Wildman–Crippen MR) is 83.6 cm³/mol. The van der Waals surface area contributed by atoms with Crippen molar-refractivity contribution < 1.29 is 4.79 Å². The topological polar surface area (TPSA) is 55.2 Å². The van der Waals surface area contributed by atoms with Gasteiger partial charge < -0.3 is 4.90 Å². The van der Waals surface area contributed by atoms with E-state index < -0.39 is 6.04 Å². The molecule has 1 aliphatic rings. The number of hydrogen-bond donors (Lipinski definition) is 0. The van der Waals surface area contributed by atoms with Crippen LogP contribution in [0.25, 0.3) is 10.2 Å². The second-order valence-electron chi connectivity index (χ2n) is 5.78. The fourth-order valence-electron chi connectivity index (χ4n) is 2.76. The van der Waals surface area contributed by atoms with Gasteiger partial charge in [0.15, 0.2) is 0 Å². The van der Waals surface area contributed by atoms with Crippen LogP contribution in [0.15, 0.2) is 22.6 Å². The third kappa shape index (κ3) is 2.60. The van der Waals surface area contributed by atoms with E-state index >= 15 is 0 Å². The summed E-state index contributed by atoms with van der Waals surface area (Å²) in [6.07, 6.45) is 3.57. The van der Waals surface area contributed by atoms with Gasteiger partial charge in [-0.15, -0.1) is 11.3 Å². The third-order valence-electron chi connectivity index (χ3n) is 4.28. The van der Waals surface area contributed by atoms with Gasteiger partial charge in [0.1, 0.15) is 10.9 Å². The minimum atomic E-state index is -0.497. The van der Waals surface area contributed by atoms with Gasteiger partial charge in [-0.2, -0.15) is 0 Å². The first-order valence-corrected chi connectivity index (χ1v) is 8.19. The number of piperidine rings is 1. The van der Waals surface area contributed by atoms with E-state index in [1.54, 1.807) is 13.0 Å². The van der Waals surface area contributed by atoms with Crippen molar-refractivity contribution in [2.45, 2.75) is 32.7 Å². The summed E-state index contributed by atoms with van der Waals surface area (Å²) in [5, 5.41) is 2.44. The van der Waals surface area contributed by atoms with E-state index in [0.29, 0.717) is 11.3 Å². The number of nitrogens with zero attached hydrogens (tertiary/aromatic N) is 3. The Balaban J connectivity index is 1.86. The van der Waals surface area contributed by atoms with Crippen LogP contribution in [0.1, 0.15) is 32.7 Å². The zero-order chi connectivity index (χ0) is 15.0. The molecule has 1 saturated heterocycles. The summed E-state index contributed by atoms with van der Waals surface area (Å²) in [5.41, 5.74) is -0.132. The normalized spacial score (nSPS) is 18.1. The van der Waals surface area contributed by atoms with Gasteiger partial charge in [0.2, 0.25) is 5.91 Å². The molecule has 1 aliphatic heterocycles. The van der Waals surface area contributed by atoms with Crippen molar-refractivity contribution in [1.82, 2.24) is 14.5 Å². The number of likely N-dealkylation sites (tertiary alicyclic amines) is 1. The number of carbonyl (C=O) groups is 1. The van der Waals surface area contributed by atoms with Gasteiger partial charge in [0.25, 0.3) is 5.56 Å². The van der Waals surface area contributed by atoms with E-state index in [2.05, 4.69) is 11.9 Å². The van der Waals surface area contributed by atoms with Crippen LogP contribution in [0, 0.1) is 5.92 Å². The van der Waals surface area contributed by atoms with Crippen molar-refractivity contribution in [3.05, 3.63) is 28.1 Å². The van der Waals surface area contributed by atoms with Crippen LogP contribution in [-0.4, -0.2) is 33.4 Å². The van der Waals surface area contributed by atoms with E-state index in [1.807, 2.05) is 10.3 Å². The van der Waals surface area contributed by atoms with E-state index in [9.17, 15) is 9.59 Å². The van der Waals surface area contributed by atoms with Crippen LogP contribution in [0.3, 0.4) is 0 Å². The smallest absolute Gasteiger partial charge is 0.262 e. The number of carbonyl (C=O) groups excluding carboxylic acids is 1. The minimum Gasteiger partial charge on any atom is -0.341 e. The Bertz CT molecular complexity index is 713. The molecule has 0 spiro atoms. The Morgan fingerprint density at radius 1 is 1.43 bits per heavy atom. The average Bonchev–Trinajstić information content (AvgIpc) is 2.96. The van der Waals surface area contributed by atoms with Crippen molar-refractivity contribution in [1.29, 1.82) is 0 Å². The molecule has 0 saturated carbocycles. The molecule has 0 N–H and O–H groups in total. The lowest BCUT2D eigenvalue weighted by Gasteiger charge is -2.32. The van der Waals surface area contributed by atoms with E-state index in [4.69, 9.17) is 0 Å². The maximum absolute atomic E-state index is 12.6. The lowest BCUT2D eigenvalue weighted by molar-refractivity contribution is -0.135. The van der Waals surface area contributed by atoms with Crippen molar-refractivity contribution in [2.75, 3.05) is 13.1 Å². The van der Waals surface area contributed by atoms with Crippen molar-refractivity contribution in [3.8, 4) is 0 Å². The molecular weight excluding hydrogens is 286 g/mol. The minimum absolute atomic E-state index is 0.0142. The highest BCUT2D eigenvalue weighted by Crippen LogP contribution is 2.20. The fourth-order valence-corrected chi connectivity index (χ4v) is 3.48. The number of thiophene rings is 1. The third-order valence-corrected chi connectivity index (χ3v) is 5.10. The lowest BCUT2D eigenvalue weighted by atomic mass is 9.99. The van der Waals surface area contributed by atoms with E-state index in [0.717, 1.165) is 30.8 Å². The molecule has 2 aromatic heterocycles. The molecule has 112 valence electrons. The molecule has 1 atom stereocenters. The zero-order valence-corrected chi connectivity index (χ0v) is 13.1. The molecule has 1 amide bonds. The average molecular weight is 305 g/mol. The first kappa shape index (κ1) is 14.3. The largest absolute Gasteiger partial charge is 0.341 e. The van der Waals surface area contributed by atoms with Crippen molar-refractivity contribution >= 4 is 27.5 Å². The summed E-state index contributed by atoms with van der Waals surface area (Å²) in [6.45, 7) is 5.56. The van der Waals surface area contributed by atoms with Crippen LogP contribution in [-0.2, 0) is 4.79 Å². The fraction of sp³-hybridized carbons (Fsp3) is 0.533. The molecule has 6 heteroatoms. The molecule has 0 radical (unpaired) electrons. The van der Waals surface area contributed by atoms with Crippen LogP contribution in [0.2, 0.25) is 0 Å². The first-order chi connectivity index (χ1) is 10.1. The monoisotopic (exact) mass is 305 g/mol. The van der Waals surface area contributed by atoms with Crippen LogP contribution in [0.4, 0.5) is 0 Å². The first-order valence-electron chi connectivity index (χ1n) is 7.31.